The van der Waals surface area contributed by atoms with Gasteiger partial charge in [0.2, 0.25) is 11.9 Å². The Labute approximate surface area is 237 Å². The van der Waals surface area contributed by atoms with E-state index in [9.17, 15) is 9.59 Å². The number of anilines is 1. The molecule has 40 heavy (non-hydrogen) atoms. The van der Waals surface area contributed by atoms with Crippen LogP contribution in [0.4, 0.5) is 5.95 Å². The van der Waals surface area contributed by atoms with Crippen LogP contribution in [-0.2, 0) is 11.3 Å². The van der Waals surface area contributed by atoms with Crippen LogP contribution in [0.25, 0.3) is 21.7 Å². The van der Waals surface area contributed by atoms with Crippen LogP contribution >= 0.6 is 11.3 Å². The van der Waals surface area contributed by atoms with Gasteiger partial charge in [-0.15, -0.1) is 11.3 Å². The fourth-order valence-electron chi connectivity index (χ4n) is 6.78. The van der Waals surface area contributed by atoms with E-state index in [1.807, 2.05) is 29.2 Å². The quantitative estimate of drug-likeness (QED) is 0.285. The second-order valence-corrected chi connectivity index (χ2v) is 12.6. The van der Waals surface area contributed by atoms with Crippen molar-refractivity contribution in [3.05, 3.63) is 71.8 Å². The van der Waals surface area contributed by atoms with Crippen molar-refractivity contribution in [3.63, 3.8) is 0 Å². The van der Waals surface area contributed by atoms with E-state index in [0.29, 0.717) is 10.8 Å². The highest BCUT2D eigenvalue weighted by Gasteiger charge is 2.50. The van der Waals surface area contributed by atoms with Gasteiger partial charge in [-0.05, 0) is 98.6 Å². The van der Waals surface area contributed by atoms with E-state index in [2.05, 4.69) is 39.6 Å². The molecule has 2 saturated heterocycles. The number of nitrogens with one attached hydrogen (secondary N) is 1. The van der Waals surface area contributed by atoms with Gasteiger partial charge in [-0.25, -0.2) is 4.98 Å². The number of nitrogens with zero attached hydrogens (tertiary/aromatic N) is 4. The van der Waals surface area contributed by atoms with Gasteiger partial charge in [0, 0.05) is 25.7 Å². The molecule has 5 heterocycles. The third kappa shape index (κ3) is 4.57. The summed E-state index contributed by atoms with van der Waals surface area (Å²) < 4.78 is 7.75. The monoisotopic (exact) mass is 555 g/mol. The van der Waals surface area contributed by atoms with Gasteiger partial charge in [-0.2, -0.15) is 0 Å². The van der Waals surface area contributed by atoms with Crippen molar-refractivity contribution < 1.29 is 14.0 Å². The highest BCUT2D eigenvalue weighted by Crippen LogP contribution is 2.55. The molecule has 8 nitrogen and oxygen atoms in total. The van der Waals surface area contributed by atoms with Gasteiger partial charge in [-0.3, -0.25) is 19.8 Å². The second kappa shape index (κ2) is 10.1. The van der Waals surface area contributed by atoms with Crippen molar-refractivity contribution in [2.75, 3.05) is 31.5 Å². The van der Waals surface area contributed by atoms with Crippen molar-refractivity contribution in [1.82, 2.24) is 19.4 Å². The summed E-state index contributed by atoms with van der Waals surface area (Å²) in [5, 5.41) is 3.14. The molecule has 9 heteroatoms. The minimum atomic E-state index is -0.172. The lowest BCUT2D eigenvalue weighted by atomic mass is 9.64. The number of imidazole rings is 1. The SMILES string of the molecule is C=CC(=O)N1CCC2(CC(n3c(NC(=O)c4ccc(-c5ccco5)s4)nc4ccc(CN5CCCC5)cc43)C2)C1. The summed E-state index contributed by atoms with van der Waals surface area (Å²) in [5.41, 5.74) is 3.34. The van der Waals surface area contributed by atoms with Crippen LogP contribution in [0.1, 0.15) is 53.4 Å². The van der Waals surface area contributed by atoms with Crippen LogP contribution in [0.3, 0.4) is 0 Å². The van der Waals surface area contributed by atoms with Gasteiger partial charge in [0.1, 0.15) is 5.76 Å². The van der Waals surface area contributed by atoms with Gasteiger partial charge in [0.05, 0.1) is 27.1 Å². The molecule has 0 radical (unpaired) electrons. The molecule has 3 aromatic heterocycles. The lowest BCUT2D eigenvalue weighted by molar-refractivity contribution is -0.125. The van der Waals surface area contributed by atoms with Crippen LogP contribution in [0, 0.1) is 5.41 Å². The molecule has 0 bridgehead atoms. The molecule has 4 aromatic rings. The summed E-state index contributed by atoms with van der Waals surface area (Å²) in [6.07, 6.45) is 8.49. The highest BCUT2D eigenvalue weighted by molar-refractivity contribution is 7.17. The second-order valence-electron chi connectivity index (χ2n) is 11.5. The van der Waals surface area contributed by atoms with Crippen molar-refractivity contribution in [1.29, 1.82) is 0 Å². The molecule has 206 valence electrons. The zero-order valence-electron chi connectivity index (χ0n) is 22.5. The smallest absolute Gasteiger partial charge is 0.268 e. The van der Waals surface area contributed by atoms with Crippen molar-refractivity contribution in [3.8, 4) is 10.6 Å². The van der Waals surface area contributed by atoms with Gasteiger partial charge in [0.15, 0.2) is 0 Å². The summed E-state index contributed by atoms with van der Waals surface area (Å²) in [5.74, 6) is 1.18. The molecule has 3 aliphatic rings. The number of amides is 2. The summed E-state index contributed by atoms with van der Waals surface area (Å²) in [4.78, 5) is 36.5. The molecule has 1 aliphatic carbocycles. The molecule has 3 fully saturated rings. The maximum Gasteiger partial charge on any atom is 0.268 e. The molecule has 2 amide bonds. The topological polar surface area (TPSA) is 83.6 Å². The van der Waals surface area contributed by atoms with Crippen LogP contribution in [0.2, 0.25) is 0 Å². The minimum absolute atomic E-state index is 0.0118. The van der Waals surface area contributed by atoms with Gasteiger partial charge >= 0.3 is 0 Å². The van der Waals surface area contributed by atoms with E-state index in [0.717, 1.165) is 73.7 Å². The molecule has 1 spiro atoms. The molecule has 1 aromatic carbocycles. The number of fused-ring (bicyclic) bond motifs is 1. The predicted octanol–water partition coefficient (Wildman–Crippen LogP) is 5.95. The van der Waals surface area contributed by atoms with E-state index in [1.165, 1.54) is 35.8 Å². The lowest BCUT2D eigenvalue weighted by Crippen LogP contribution is -2.42. The van der Waals surface area contributed by atoms with E-state index in [-0.39, 0.29) is 23.3 Å². The van der Waals surface area contributed by atoms with Crippen LogP contribution < -0.4 is 5.32 Å². The third-order valence-corrected chi connectivity index (χ3v) is 9.90. The van der Waals surface area contributed by atoms with Crippen LogP contribution in [-0.4, -0.2) is 57.3 Å². The molecule has 0 atom stereocenters. The van der Waals surface area contributed by atoms with E-state index in [4.69, 9.17) is 9.40 Å². The Balaban J connectivity index is 1.18. The van der Waals surface area contributed by atoms with E-state index >= 15 is 0 Å². The number of thiophene rings is 1. The molecule has 1 N–H and O–H groups in total. The fourth-order valence-corrected chi connectivity index (χ4v) is 7.65. The predicted molar refractivity (Wildman–Crippen MR) is 156 cm³/mol. The largest absolute Gasteiger partial charge is 0.464 e. The Bertz CT molecular complexity index is 1570. The number of aromatic nitrogens is 2. The van der Waals surface area contributed by atoms with Crippen LogP contribution in [0.15, 0.2) is 65.8 Å². The number of carbonyl (C=O) groups is 2. The zero-order valence-corrected chi connectivity index (χ0v) is 23.3. The molecular formula is C31H33N5O3S. The Morgan fingerprint density at radius 3 is 2.77 bits per heavy atom. The van der Waals surface area contributed by atoms with Crippen LogP contribution in [0.5, 0.6) is 0 Å². The van der Waals surface area contributed by atoms with Gasteiger partial charge < -0.3 is 13.9 Å². The number of hydrogen-bond donors (Lipinski definition) is 1. The first-order valence-electron chi connectivity index (χ1n) is 14.1. The summed E-state index contributed by atoms with van der Waals surface area (Å²) in [7, 11) is 0. The zero-order chi connectivity index (χ0) is 27.3. The van der Waals surface area contributed by atoms with Crippen molar-refractivity contribution >= 4 is 40.1 Å². The number of furan rings is 1. The standard InChI is InChI=1S/C31H33N5O3S/c1-2-28(37)35-14-11-31(20-35)17-22(18-31)36-24-16-21(19-34-12-3-4-13-34)7-8-23(24)32-30(36)33-29(38)27-10-9-26(40-27)25-6-5-15-39-25/h2,5-10,15-16,22H,1,3-4,11-14,17-20H2,(H,32,33,38). The van der Waals surface area contributed by atoms with E-state index < -0.39 is 0 Å². The van der Waals surface area contributed by atoms with E-state index in [1.54, 1.807) is 6.26 Å². The minimum Gasteiger partial charge on any atom is -0.464 e. The molecule has 7 rings (SSSR count). The Hall–Kier alpha value is -3.69. The normalized spacial score (nSPS) is 22.7. The highest BCUT2D eigenvalue weighted by atomic mass is 32.1. The van der Waals surface area contributed by atoms with Crippen molar-refractivity contribution in [2.45, 2.75) is 44.7 Å². The fraction of sp³-hybridized carbons (Fsp3) is 0.387. The number of carbonyl (C=O) groups excluding carboxylic acids is 2. The first kappa shape index (κ1) is 25.3. The number of likely N-dealkylation sites (tertiary alicyclic amines) is 2. The first-order valence-corrected chi connectivity index (χ1v) is 14.9. The first-order chi connectivity index (χ1) is 19.5. The Morgan fingerprint density at radius 1 is 1.15 bits per heavy atom. The van der Waals surface area contributed by atoms with Gasteiger partial charge in [-0.1, -0.05) is 12.6 Å². The maximum absolute atomic E-state index is 13.4. The average Bonchev–Trinajstić information content (AvgIpc) is 3.76. The third-order valence-electron chi connectivity index (χ3n) is 8.80. The maximum atomic E-state index is 13.4. The average molecular weight is 556 g/mol. The van der Waals surface area contributed by atoms with Crippen molar-refractivity contribution in [2.24, 2.45) is 5.41 Å². The summed E-state index contributed by atoms with van der Waals surface area (Å²) >= 11 is 1.41. The van der Waals surface area contributed by atoms with Gasteiger partial charge in [0.25, 0.3) is 5.91 Å². The summed E-state index contributed by atoms with van der Waals surface area (Å²) in [6, 6.07) is 14.2. The molecule has 0 unspecified atom stereocenters. The number of benzene rings is 1. The number of hydrogen-bond acceptors (Lipinski definition) is 6. The number of rotatable bonds is 7. The molecular weight excluding hydrogens is 522 g/mol. The summed E-state index contributed by atoms with van der Waals surface area (Å²) in [6.45, 7) is 8.43. The molecule has 1 saturated carbocycles. The molecule has 2 aliphatic heterocycles. The lowest BCUT2D eigenvalue weighted by Gasteiger charge is -2.46. The Morgan fingerprint density at radius 2 is 2.00 bits per heavy atom. The Kier molecular flexibility index (Phi) is 6.35.